The highest BCUT2D eigenvalue weighted by atomic mass is 19.1. The van der Waals surface area contributed by atoms with Crippen molar-refractivity contribution in [2.45, 2.75) is 25.9 Å². The molecule has 0 aliphatic heterocycles. The van der Waals surface area contributed by atoms with Gasteiger partial charge in [0.2, 0.25) is 0 Å². The first-order valence-corrected chi connectivity index (χ1v) is 5.18. The summed E-state index contributed by atoms with van der Waals surface area (Å²) < 4.78 is 23.9. The highest BCUT2D eigenvalue weighted by Gasteiger charge is 2.17. The zero-order valence-electron chi connectivity index (χ0n) is 9.92. The summed E-state index contributed by atoms with van der Waals surface area (Å²) in [6, 6.07) is 4.49. The van der Waals surface area contributed by atoms with Crippen LogP contribution in [0.25, 0.3) is 0 Å². The summed E-state index contributed by atoms with van der Waals surface area (Å²) in [4.78, 5) is 0. The molecular formula is C12H18FNO2. The number of para-hydroxylation sites is 1. The molecule has 0 unspecified atom stereocenters. The average molecular weight is 227 g/mol. The number of halogens is 1. The van der Waals surface area contributed by atoms with Crippen LogP contribution in [-0.4, -0.2) is 19.3 Å². The second kappa shape index (κ2) is 5.16. The first kappa shape index (κ1) is 12.8. The molecule has 0 fully saturated rings. The molecule has 1 aromatic carbocycles. The molecule has 16 heavy (non-hydrogen) atoms. The number of benzene rings is 1. The van der Waals surface area contributed by atoms with Gasteiger partial charge in [-0.1, -0.05) is 6.07 Å². The van der Waals surface area contributed by atoms with Crippen molar-refractivity contribution in [1.82, 2.24) is 0 Å². The molecule has 0 amide bonds. The van der Waals surface area contributed by atoms with E-state index >= 15 is 0 Å². The van der Waals surface area contributed by atoms with Gasteiger partial charge in [-0.25, -0.2) is 4.39 Å². The molecule has 0 atom stereocenters. The molecule has 1 rings (SSSR count). The second-order valence-electron chi connectivity index (χ2n) is 4.22. The van der Waals surface area contributed by atoms with Gasteiger partial charge < -0.3 is 15.2 Å². The predicted molar refractivity (Wildman–Crippen MR) is 62.0 cm³/mol. The molecule has 0 aliphatic rings. The molecule has 4 heteroatoms. The molecule has 0 heterocycles. The minimum atomic E-state index is -0.435. The molecule has 90 valence electrons. The van der Waals surface area contributed by atoms with Crippen molar-refractivity contribution in [3.8, 4) is 5.75 Å². The SMILES string of the molecule is COC(C)(C)CCOc1c(N)cccc1F. The summed E-state index contributed by atoms with van der Waals surface area (Å²) in [6.45, 7) is 4.26. The van der Waals surface area contributed by atoms with E-state index in [-0.39, 0.29) is 11.4 Å². The van der Waals surface area contributed by atoms with Gasteiger partial charge in [0.1, 0.15) is 0 Å². The van der Waals surface area contributed by atoms with Crippen LogP contribution >= 0.6 is 0 Å². The van der Waals surface area contributed by atoms with Gasteiger partial charge in [-0.05, 0) is 26.0 Å². The topological polar surface area (TPSA) is 44.5 Å². The minimum absolute atomic E-state index is 0.120. The average Bonchev–Trinajstić information content (AvgIpc) is 2.22. The molecule has 1 aromatic rings. The smallest absolute Gasteiger partial charge is 0.177 e. The maximum atomic E-state index is 13.3. The Morgan fingerprint density at radius 2 is 2.06 bits per heavy atom. The molecule has 0 saturated carbocycles. The maximum Gasteiger partial charge on any atom is 0.177 e. The predicted octanol–water partition coefficient (Wildman–Crippen LogP) is 2.60. The van der Waals surface area contributed by atoms with Crippen molar-refractivity contribution in [2.24, 2.45) is 0 Å². The van der Waals surface area contributed by atoms with Crippen LogP contribution in [0.15, 0.2) is 18.2 Å². The van der Waals surface area contributed by atoms with Crippen LogP contribution in [0.4, 0.5) is 10.1 Å². The van der Waals surface area contributed by atoms with Gasteiger partial charge >= 0.3 is 0 Å². The Hall–Kier alpha value is -1.29. The normalized spacial score (nSPS) is 11.5. The summed E-state index contributed by atoms with van der Waals surface area (Å²) in [5.74, 6) is -0.315. The Morgan fingerprint density at radius 3 is 2.62 bits per heavy atom. The van der Waals surface area contributed by atoms with Gasteiger partial charge in [-0.3, -0.25) is 0 Å². The number of nitrogen functional groups attached to an aromatic ring is 1. The third-order valence-electron chi connectivity index (χ3n) is 2.50. The first-order valence-electron chi connectivity index (χ1n) is 5.18. The van der Waals surface area contributed by atoms with Crippen molar-refractivity contribution in [3.05, 3.63) is 24.0 Å². The van der Waals surface area contributed by atoms with E-state index in [9.17, 15) is 4.39 Å². The largest absolute Gasteiger partial charge is 0.488 e. The fourth-order valence-corrected chi connectivity index (χ4v) is 1.18. The van der Waals surface area contributed by atoms with Crippen molar-refractivity contribution in [2.75, 3.05) is 19.5 Å². The summed E-state index contributed by atoms with van der Waals surface area (Å²) in [5.41, 5.74) is 5.64. The monoisotopic (exact) mass is 227 g/mol. The number of hydrogen-bond acceptors (Lipinski definition) is 3. The number of anilines is 1. The van der Waals surface area contributed by atoms with Crippen LogP contribution in [0.3, 0.4) is 0 Å². The van der Waals surface area contributed by atoms with Gasteiger partial charge in [0, 0.05) is 13.5 Å². The van der Waals surface area contributed by atoms with Gasteiger partial charge in [0.25, 0.3) is 0 Å². The van der Waals surface area contributed by atoms with Gasteiger partial charge in [-0.15, -0.1) is 0 Å². The first-order chi connectivity index (χ1) is 7.46. The summed E-state index contributed by atoms with van der Waals surface area (Å²) in [7, 11) is 1.64. The van der Waals surface area contributed by atoms with Crippen LogP contribution in [0.1, 0.15) is 20.3 Å². The Labute approximate surface area is 95.4 Å². The summed E-state index contributed by atoms with van der Waals surface area (Å²) in [6.07, 6.45) is 0.664. The third kappa shape index (κ3) is 3.38. The standard InChI is InChI=1S/C12H18FNO2/c1-12(2,15-3)7-8-16-11-9(13)5-4-6-10(11)14/h4-6H,7-8,14H2,1-3H3. The minimum Gasteiger partial charge on any atom is -0.488 e. The Bertz CT molecular complexity index is 333. The second-order valence-corrected chi connectivity index (χ2v) is 4.22. The van der Waals surface area contributed by atoms with Crippen molar-refractivity contribution >= 4 is 5.69 Å². The van der Waals surface area contributed by atoms with Crippen LogP contribution in [0.2, 0.25) is 0 Å². The van der Waals surface area contributed by atoms with E-state index in [1.165, 1.54) is 6.07 Å². The number of ether oxygens (including phenoxy) is 2. The number of hydrogen-bond donors (Lipinski definition) is 1. The summed E-state index contributed by atoms with van der Waals surface area (Å²) >= 11 is 0. The van der Waals surface area contributed by atoms with Crippen molar-refractivity contribution < 1.29 is 13.9 Å². The number of rotatable bonds is 5. The van der Waals surface area contributed by atoms with Crippen LogP contribution in [-0.2, 0) is 4.74 Å². The van der Waals surface area contributed by atoms with E-state index < -0.39 is 5.82 Å². The van der Waals surface area contributed by atoms with Crippen LogP contribution in [0.5, 0.6) is 5.75 Å². The number of methoxy groups -OCH3 is 1. The number of nitrogens with two attached hydrogens (primary N) is 1. The zero-order chi connectivity index (χ0) is 12.2. The van der Waals surface area contributed by atoms with E-state index in [1.54, 1.807) is 19.2 Å². The highest BCUT2D eigenvalue weighted by Crippen LogP contribution is 2.25. The molecule has 2 N–H and O–H groups in total. The molecular weight excluding hydrogens is 209 g/mol. The van der Waals surface area contributed by atoms with Gasteiger partial charge in [0.05, 0.1) is 17.9 Å². The highest BCUT2D eigenvalue weighted by molar-refractivity contribution is 5.52. The maximum absolute atomic E-state index is 13.3. The quantitative estimate of drug-likeness (QED) is 0.786. The van der Waals surface area contributed by atoms with E-state index in [0.717, 1.165) is 0 Å². The van der Waals surface area contributed by atoms with Gasteiger partial charge in [0.15, 0.2) is 11.6 Å². The molecule has 0 aromatic heterocycles. The van der Waals surface area contributed by atoms with Gasteiger partial charge in [-0.2, -0.15) is 0 Å². The Balaban J connectivity index is 2.56. The fourth-order valence-electron chi connectivity index (χ4n) is 1.18. The zero-order valence-corrected chi connectivity index (χ0v) is 9.92. The molecule has 0 aliphatic carbocycles. The fraction of sp³-hybridized carbons (Fsp3) is 0.500. The van der Waals surface area contributed by atoms with Crippen molar-refractivity contribution in [1.29, 1.82) is 0 Å². The molecule has 0 bridgehead atoms. The molecule has 3 nitrogen and oxygen atoms in total. The molecule has 0 saturated heterocycles. The Morgan fingerprint density at radius 1 is 1.38 bits per heavy atom. The molecule has 0 radical (unpaired) electrons. The molecule has 0 spiro atoms. The van der Waals surface area contributed by atoms with Crippen molar-refractivity contribution in [3.63, 3.8) is 0 Å². The van der Waals surface area contributed by atoms with E-state index in [2.05, 4.69) is 0 Å². The Kier molecular flexibility index (Phi) is 4.12. The van der Waals surface area contributed by atoms with E-state index in [0.29, 0.717) is 18.7 Å². The lowest BCUT2D eigenvalue weighted by Crippen LogP contribution is -2.25. The van der Waals surface area contributed by atoms with Crippen LogP contribution < -0.4 is 10.5 Å². The third-order valence-corrected chi connectivity index (χ3v) is 2.50. The van der Waals surface area contributed by atoms with E-state index in [4.69, 9.17) is 15.2 Å². The van der Waals surface area contributed by atoms with Crippen LogP contribution in [0, 0.1) is 5.82 Å². The lowest BCUT2D eigenvalue weighted by atomic mass is 10.1. The lowest BCUT2D eigenvalue weighted by Gasteiger charge is -2.22. The summed E-state index contributed by atoms with van der Waals surface area (Å²) in [5, 5.41) is 0. The lowest BCUT2D eigenvalue weighted by molar-refractivity contribution is 0.00520. The van der Waals surface area contributed by atoms with E-state index in [1.807, 2.05) is 13.8 Å².